The number of carbonyl (C=O) groups is 1. The first-order chi connectivity index (χ1) is 10.2. The molecule has 21 heavy (non-hydrogen) atoms. The van der Waals surface area contributed by atoms with Crippen molar-refractivity contribution >= 4 is 11.6 Å². The Labute approximate surface area is 122 Å². The second-order valence-electron chi connectivity index (χ2n) is 4.38. The van der Waals surface area contributed by atoms with E-state index < -0.39 is 5.91 Å². The number of H-pyrrole nitrogens is 1. The van der Waals surface area contributed by atoms with E-state index in [0.29, 0.717) is 23.0 Å². The van der Waals surface area contributed by atoms with Crippen LogP contribution < -0.4 is 14.8 Å². The Morgan fingerprint density at radius 1 is 1.33 bits per heavy atom. The maximum Gasteiger partial charge on any atom is 0.295 e. The van der Waals surface area contributed by atoms with Gasteiger partial charge >= 0.3 is 0 Å². The molecule has 0 saturated carbocycles. The molecule has 0 saturated heterocycles. The summed E-state index contributed by atoms with van der Waals surface area (Å²) < 4.78 is 10.3. The summed E-state index contributed by atoms with van der Waals surface area (Å²) in [4.78, 5) is 16.3. The molecule has 0 aliphatic carbocycles. The number of anilines is 1. The van der Waals surface area contributed by atoms with Crippen LogP contribution in [0, 0.1) is 0 Å². The summed E-state index contributed by atoms with van der Waals surface area (Å²) in [7, 11) is 3.09. The summed E-state index contributed by atoms with van der Waals surface area (Å²) in [5.74, 6) is 1.55. The largest absolute Gasteiger partial charge is 0.497 e. The molecular formula is C14H18N4O3. The monoisotopic (exact) mass is 290 g/mol. The van der Waals surface area contributed by atoms with Crippen molar-refractivity contribution in [1.29, 1.82) is 0 Å². The van der Waals surface area contributed by atoms with Crippen molar-refractivity contribution in [2.45, 2.75) is 19.8 Å². The van der Waals surface area contributed by atoms with Gasteiger partial charge in [-0.1, -0.05) is 6.92 Å². The van der Waals surface area contributed by atoms with Gasteiger partial charge in [0.1, 0.15) is 17.3 Å². The number of amides is 1. The molecule has 2 rings (SSSR count). The first kappa shape index (κ1) is 14.8. The first-order valence-electron chi connectivity index (χ1n) is 6.62. The molecule has 0 fully saturated rings. The lowest BCUT2D eigenvalue weighted by atomic mass is 10.2. The van der Waals surface area contributed by atoms with Gasteiger partial charge in [0.2, 0.25) is 5.82 Å². The van der Waals surface area contributed by atoms with Crippen LogP contribution in [-0.2, 0) is 6.42 Å². The number of methoxy groups -OCH3 is 2. The Bertz CT molecular complexity index is 624. The third-order valence-electron chi connectivity index (χ3n) is 2.88. The van der Waals surface area contributed by atoms with E-state index in [0.717, 1.165) is 12.8 Å². The summed E-state index contributed by atoms with van der Waals surface area (Å²) in [6, 6.07) is 5.14. The van der Waals surface area contributed by atoms with E-state index in [-0.39, 0.29) is 5.82 Å². The summed E-state index contributed by atoms with van der Waals surface area (Å²) in [6.45, 7) is 2.03. The van der Waals surface area contributed by atoms with Gasteiger partial charge in [-0.05, 0) is 18.6 Å². The van der Waals surface area contributed by atoms with E-state index in [1.165, 1.54) is 7.11 Å². The third kappa shape index (κ3) is 3.50. The van der Waals surface area contributed by atoms with Gasteiger partial charge in [-0.2, -0.15) is 0 Å². The molecule has 0 spiro atoms. The van der Waals surface area contributed by atoms with E-state index >= 15 is 0 Å². The van der Waals surface area contributed by atoms with E-state index in [2.05, 4.69) is 20.5 Å². The van der Waals surface area contributed by atoms with Crippen molar-refractivity contribution in [2.24, 2.45) is 0 Å². The average Bonchev–Trinajstić information content (AvgIpc) is 2.96. The molecule has 2 aromatic rings. The highest BCUT2D eigenvalue weighted by molar-refractivity contribution is 6.02. The zero-order valence-electron chi connectivity index (χ0n) is 12.3. The quantitative estimate of drug-likeness (QED) is 0.849. The number of hydrogen-bond acceptors (Lipinski definition) is 5. The summed E-state index contributed by atoms with van der Waals surface area (Å²) in [5.41, 5.74) is 0.503. The molecule has 112 valence electrons. The van der Waals surface area contributed by atoms with Crippen molar-refractivity contribution in [3.63, 3.8) is 0 Å². The molecular weight excluding hydrogens is 272 g/mol. The number of aryl methyl sites for hydroxylation is 1. The van der Waals surface area contributed by atoms with Crippen LogP contribution >= 0.6 is 0 Å². The van der Waals surface area contributed by atoms with Crippen LogP contribution in [0.1, 0.15) is 29.8 Å². The van der Waals surface area contributed by atoms with Crippen LogP contribution in [0.3, 0.4) is 0 Å². The number of nitrogens with one attached hydrogen (secondary N) is 2. The average molecular weight is 290 g/mol. The van der Waals surface area contributed by atoms with Gasteiger partial charge < -0.3 is 14.8 Å². The first-order valence-corrected chi connectivity index (χ1v) is 6.62. The number of carbonyl (C=O) groups excluding carboxylic acids is 1. The highest BCUT2D eigenvalue weighted by Gasteiger charge is 2.15. The lowest BCUT2D eigenvalue weighted by Gasteiger charge is -2.10. The molecule has 1 aromatic carbocycles. The fourth-order valence-corrected chi connectivity index (χ4v) is 1.84. The molecule has 2 N–H and O–H groups in total. The molecule has 0 bridgehead atoms. The van der Waals surface area contributed by atoms with Gasteiger partial charge in [-0.15, -0.1) is 5.10 Å². The van der Waals surface area contributed by atoms with Crippen molar-refractivity contribution in [3.05, 3.63) is 29.8 Å². The Morgan fingerprint density at radius 3 is 2.81 bits per heavy atom. The normalized spacial score (nSPS) is 10.2. The second kappa shape index (κ2) is 6.74. The van der Waals surface area contributed by atoms with Crippen molar-refractivity contribution in [2.75, 3.05) is 19.5 Å². The van der Waals surface area contributed by atoms with E-state index in [9.17, 15) is 4.79 Å². The topological polar surface area (TPSA) is 89.1 Å². The molecule has 7 nitrogen and oxygen atoms in total. The van der Waals surface area contributed by atoms with Crippen LogP contribution in [0.4, 0.5) is 5.69 Å². The minimum Gasteiger partial charge on any atom is -0.497 e. The Hall–Kier alpha value is -2.57. The number of ether oxygens (including phenoxy) is 2. The predicted octanol–water partition coefficient (Wildman–Crippen LogP) is 2.03. The van der Waals surface area contributed by atoms with Crippen LogP contribution in [0.2, 0.25) is 0 Å². The highest BCUT2D eigenvalue weighted by atomic mass is 16.5. The van der Waals surface area contributed by atoms with Gasteiger partial charge in [-0.25, -0.2) is 4.98 Å². The Balaban J connectivity index is 2.17. The van der Waals surface area contributed by atoms with Gasteiger partial charge in [0.05, 0.1) is 19.9 Å². The van der Waals surface area contributed by atoms with Gasteiger partial charge in [0.15, 0.2) is 0 Å². The maximum absolute atomic E-state index is 12.1. The van der Waals surface area contributed by atoms with Crippen molar-refractivity contribution in [3.8, 4) is 11.5 Å². The number of aromatic nitrogens is 3. The summed E-state index contributed by atoms with van der Waals surface area (Å²) in [6.07, 6.45) is 1.68. The van der Waals surface area contributed by atoms with Gasteiger partial charge in [0, 0.05) is 12.5 Å². The Kier molecular flexibility index (Phi) is 4.76. The van der Waals surface area contributed by atoms with Gasteiger partial charge in [-0.3, -0.25) is 9.89 Å². The molecule has 0 atom stereocenters. The predicted molar refractivity (Wildman–Crippen MR) is 77.9 cm³/mol. The SMILES string of the molecule is CCCc1nc(C(=O)Nc2cc(OC)ccc2OC)n[nH]1. The van der Waals surface area contributed by atoms with Gasteiger partial charge in [0.25, 0.3) is 5.91 Å². The number of aromatic amines is 1. The fourth-order valence-electron chi connectivity index (χ4n) is 1.84. The van der Waals surface area contributed by atoms with Crippen molar-refractivity contribution < 1.29 is 14.3 Å². The van der Waals surface area contributed by atoms with Crippen LogP contribution in [0.5, 0.6) is 11.5 Å². The molecule has 1 amide bonds. The smallest absolute Gasteiger partial charge is 0.295 e. The second-order valence-corrected chi connectivity index (χ2v) is 4.38. The molecule has 7 heteroatoms. The number of rotatable bonds is 6. The van der Waals surface area contributed by atoms with Crippen LogP contribution in [-0.4, -0.2) is 35.3 Å². The summed E-state index contributed by atoms with van der Waals surface area (Å²) >= 11 is 0. The minimum atomic E-state index is -0.403. The maximum atomic E-state index is 12.1. The minimum absolute atomic E-state index is 0.100. The van der Waals surface area contributed by atoms with E-state index in [1.54, 1.807) is 25.3 Å². The number of nitrogens with zero attached hydrogens (tertiary/aromatic N) is 2. The van der Waals surface area contributed by atoms with E-state index in [1.807, 2.05) is 6.92 Å². The zero-order chi connectivity index (χ0) is 15.2. The number of hydrogen-bond donors (Lipinski definition) is 2. The van der Waals surface area contributed by atoms with Crippen LogP contribution in [0.15, 0.2) is 18.2 Å². The fraction of sp³-hybridized carbons (Fsp3) is 0.357. The summed E-state index contributed by atoms with van der Waals surface area (Å²) in [5, 5.41) is 9.37. The zero-order valence-corrected chi connectivity index (χ0v) is 12.3. The number of benzene rings is 1. The standard InChI is InChI=1S/C14H18N4O3/c1-4-5-12-16-13(18-17-12)14(19)15-10-8-9(20-2)6-7-11(10)21-3/h6-8H,4-5H2,1-3H3,(H,15,19)(H,16,17,18). The van der Waals surface area contributed by atoms with Crippen molar-refractivity contribution in [1.82, 2.24) is 15.2 Å². The van der Waals surface area contributed by atoms with Crippen LogP contribution in [0.25, 0.3) is 0 Å². The molecule has 1 heterocycles. The Morgan fingerprint density at radius 2 is 2.14 bits per heavy atom. The third-order valence-corrected chi connectivity index (χ3v) is 2.88. The lowest BCUT2D eigenvalue weighted by Crippen LogP contribution is -2.14. The molecule has 0 aliphatic rings. The lowest BCUT2D eigenvalue weighted by molar-refractivity contribution is 0.101. The highest BCUT2D eigenvalue weighted by Crippen LogP contribution is 2.29. The van der Waals surface area contributed by atoms with E-state index in [4.69, 9.17) is 9.47 Å². The molecule has 0 radical (unpaired) electrons. The molecule has 0 aliphatic heterocycles. The molecule has 0 unspecified atom stereocenters. The molecule has 1 aromatic heterocycles.